The van der Waals surface area contributed by atoms with Gasteiger partial charge in [-0.2, -0.15) is 5.26 Å². The molecule has 33 heavy (non-hydrogen) atoms. The zero-order chi connectivity index (χ0) is 22.6. The molecule has 3 aromatic rings. The number of rotatable bonds is 6. The summed E-state index contributed by atoms with van der Waals surface area (Å²) < 4.78 is 11.3. The summed E-state index contributed by atoms with van der Waals surface area (Å²) in [6.45, 7) is 1.59. The van der Waals surface area contributed by atoms with Crippen LogP contribution in [0.3, 0.4) is 0 Å². The molecule has 2 aromatic carbocycles. The van der Waals surface area contributed by atoms with E-state index in [-0.39, 0.29) is 18.2 Å². The molecule has 3 heterocycles. The molecule has 6 nitrogen and oxygen atoms in total. The summed E-state index contributed by atoms with van der Waals surface area (Å²) in [7, 11) is 0. The molecule has 1 aromatic heterocycles. The Kier molecular flexibility index (Phi) is 6.20. The first-order valence-corrected chi connectivity index (χ1v) is 11.8. The Morgan fingerprint density at radius 1 is 1.09 bits per heavy atom. The van der Waals surface area contributed by atoms with Crippen LogP contribution in [0.4, 0.5) is 0 Å². The molecular formula is C26H23N3O3S. The SMILES string of the molecule is N#CC1=C2SCN(Cc3ccco3)CN2C(=O)CC1c1ccc(OCc2ccccc2)cc1. The van der Waals surface area contributed by atoms with Crippen LogP contribution < -0.4 is 4.74 Å². The molecule has 1 unspecified atom stereocenters. The van der Waals surface area contributed by atoms with Crippen LogP contribution in [-0.2, 0) is 17.9 Å². The highest BCUT2D eigenvalue weighted by Crippen LogP contribution is 2.42. The minimum Gasteiger partial charge on any atom is -0.489 e. The van der Waals surface area contributed by atoms with E-state index in [9.17, 15) is 10.1 Å². The first kappa shape index (κ1) is 21.4. The molecule has 0 saturated carbocycles. The molecule has 2 aliphatic heterocycles. The lowest BCUT2D eigenvalue weighted by Gasteiger charge is -2.41. The number of carbonyl (C=O) groups is 1. The summed E-state index contributed by atoms with van der Waals surface area (Å²) in [5.74, 6) is 2.12. The van der Waals surface area contributed by atoms with Gasteiger partial charge in [-0.15, -0.1) is 0 Å². The van der Waals surface area contributed by atoms with Crippen LogP contribution >= 0.6 is 11.8 Å². The fourth-order valence-electron chi connectivity index (χ4n) is 4.15. The van der Waals surface area contributed by atoms with Gasteiger partial charge in [0.1, 0.15) is 18.1 Å². The molecule has 166 valence electrons. The third-order valence-electron chi connectivity index (χ3n) is 5.84. The van der Waals surface area contributed by atoms with Crippen molar-refractivity contribution < 1.29 is 13.9 Å². The van der Waals surface area contributed by atoms with Crippen molar-refractivity contribution in [3.63, 3.8) is 0 Å². The minimum absolute atomic E-state index is 0.0371. The lowest BCUT2D eigenvalue weighted by atomic mass is 9.86. The van der Waals surface area contributed by atoms with Crippen molar-refractivity contribution in [2.24, 2.45) is 0 Å². The number of thioether (sulfide) groups is 1. The maximum Gasteiger partial charge on any atom is 0.229 e. The van der Waals surface area contributed by atoms with Crippen molar-refractivity contribution in [2.75, 3.05) is 12.5 Å². The van der Waals surface area contributed by atoms with Crippen molar-refractivity contribution in [3.8, 4) is 11.8 Å². The quantitative estimate of drug-likeness (QED) is 0.515. The van der Waals surface area contributed by atoms with Gasteiger partial charge in [-0.05, 0) is 35.4 Å². The van der Waals surface area contributed by atoms with E-state index in [1.807, 2.05) is 66.7 Å². The summed E-state index contributed by atoms with van der Waals surface area (Å²) in [6.07, 6.45) is 1.94. The number of fused-ring (bicyclic) bond motifs is 1. The largest absolute Gasteiger partial charge is 0.489 e. The van der Waals surface area contributed by atoms with E-state index in [4.69, 9.17) is 9.15 Å². The summed E-state index contributed by atoms with van der Waals surface area (Å²) in [6, 6.07) is 23.9. The number of benzene rings is 2. The van der Waals surface area contributed by atoms with Gasteiger partial charge < -0.3 is 9.15 Å². The van der Waals surface area contributed by atoms with Crippen LogP contribution in [-0.4, -0.2) is 28.3 Å². The van der Waals surface area contributed by atoms with E-state index in [0.29, 0.717) is 31.3 Å². The van der Waals surface area contributed by atoms with Gasteiger partial charge in [-0.3, -0.25) is 14.6 Å². The fraction of sp³-hybridized carbons (Fsp3) is 0.231. The Labute approximate surface area is 197 Å². The van der Waals surface area contributed by atoms with E-state index in [1.54, 1.807) is 22.9 Å². The van der Waals surface area contributed by atoms with Crippen molar-refractivity contribution in [3.05, 3.63) is 100 Å². The fourth-order valence-corrected chi connectivity index (χ4v) is 5.29. The smallest absolute Gasteiger partial charge is 0.229 e. The molecule has 0 aliphatic carbocycles. The van der Waals surface area contributed by atoms with E-state index >= 15 is 0 Å². The number of nitriles is 1. The Bertz CT molecular complexity index is 1180. The summed E-state index contributed by atoms with van der Waals surface area (Å²) in [5, 5.41) is 10.8. The Morgan fingerprint density at radius 3 is 2.64 bits per heavy atom. The number of furan rings is 1. The van der Waals surface area contributed by atoms with Gasteiger partial charge in [0, 0.05) is 12.3 Å². The molecule has 5 rings (SSSR count). The van der Waals surface area contributed by atoms with Crippen LogP contribution in [0.5, 0.6) is 5.75 Å². The summed E-state index contributed by atoms with van der Waals surface area (Å²) >= 11 is 1.54. The van der Waals surface area contributed by atoms with E-state index < -0.39 is 0 Å². The van der Waals surface area contributed by atoms with E-state index in [1.165, 1.54) is 0 Å². The zero-order valence-electron chi connectivity index (χ0n) is 18.0. The molecule has 1 amide bonds. The van der Waals surface area contributed by atoms with Crippen LogP contribution in [0.2, 0.25) is 0 Å². The van der Waals surface area contributed by atoms with E-state index in [2.05, 4.69) is 11.0 Å². The molecule has 7 heteroatoms. The van der Waals surface area contributed by atoms with Gasteiger partial charge in [-0.25, -0.2) is 0 Å². The van der Waals surface area contributed by atoms with Gasteiger partial charge in [-0.1, -0.05) is 54.2 Å². The third-order valence-corrected chi connectivity index (χ3v) is 7.05. The molecule has 2 aliphatic rings. The highest BCUT2D eigenvalue weighted by atomic mass is 32.2. The van der Waals surface area contributed by atoms with Crippen LogP contribution in [0.1, 0.15) is 29.2 Å². The van der Waals surface area contributed by atoms with Crippen molar-refractivity contribution in [2.45, 2.75) is 25.5 Å². The average Bonchev–Trinajstić information content (AvgIpc) is 3.37. The predicted octanol–water partition coefficient (Wildman–Crippen LogP) is 5.07. The average molecular weight is 458 g/mol. The lowest BCUT2D eigenvalue weighted by molar-refractivity contribution is -0.132. The maximum atomic E-state index is 13.0. The number of hydrogen-bond donors (Lipinski definition) is 0. The Morgan fingerprint density at radius 2 is 1.91 bits per heavy atom. The van der Waals surface area contributed by atoms with Gasteiger partial charge in [0.2, 0.25) is 5.91 Å². The van der Waals surface area contributed by atoms with Crippen LogP contribution in [0.15, 0.2) is 88.0 Å². The molecule has 1 atom stereocenters. The second-order valence-electron chi connectivity index (χ2n) is 8.08. The van der Waals surface area contributed by atoms with Crippen molar-refractivity contribution >= 4 is 17.7 Å². The monoisotopic (exact) mass is 457 g/mol. The lowest BCUT2D eigenvalue weighted by Crippen LogP contribution is -2.46. The standard InChI is InChI=1S/C26H23N3O3S/c27-14-24-23(20-8-10-21(11-9-20)32-16-19-5-2-1-3-6-19)13-25(30)29-17-28(18-33-26(24)29)15-22-7-4-12-31-22/h1-12,23H,13,15-18H2. The first-order chi connectivity index (χ1) is 16.2. The van der Waals surface area contributed by atoms with Crippen molar-refractivity contribution in [1.82, 2.24) is 9.80 Å². The molecular weight excluding hydrogens is 434 g/mol. The number of carbonyl (C=O) groups excluding carboxylic acids is 1. The second-order valence-corrected chi connectivity index (χ2v) is 9.01. The number of nitrogens with zero attached hydrogens (tertiary/aromatic N) is 3. The van der Waals surface area contributed by atoms with Crippen LogP contribution in [0.25, 0.3) is 0 Å². The predicted molar refractivity (Wildman–Crippen MR) is 126 cm³/mol. The molecule has 1 fully saturated rings. The molecule has 0 N–H and O–H groups in total. The normalized spacial score (nSPS) is 18.7. The maximum absolute atomic E-state index is 13.0. The Balaban J connectivity index is 1.30. The minimum atomic E-state index is -0.235. The highest BCUT2D eigenvalue weighted by Gasteiger charge is 2.38. The van der Waals surface area contributed by atoms with Crippen molar-refractivity contribution in [1.29, 1.82) is 5.26 Å². The van der Waals surface area contributed by atoms with Gasteiger partial charge in [0.15, 0.2) is 0 Å². The Hall–Kier alpha value is -3.47. The van der Waals surface area contributed by atoms with Gasteiger partial charge in [0.05, 0.1) is 42.0 Å². The molecule has 0 spiro atoms. The summed E-state index contributed by atoms with van der Waals surface area (Å²) in [4.78, 5) is 16.9. The second kappa shape index (κ2) is 9.57. The topological polar surface area (TPSA) is 69.7 Å². The highest BCUT2D eigenvalue weighted by molar-refractivity contribution is 8.03. The zero-order valence-corrected chi connectivity index (χ0v) is 18.8. The van der Waals surface area contributed by atoms with Crippen LogP contribution in [0, 0.1) is 11.3 Å². The van der Waals surface area contributed by atoms with E-state index in [0.717, 1.165) is 27.7 Å². The number of allylic oxidation sites excluding steroid dienone is 1. The van der Waals surface area contributed by atoms with Gasteiger partial charge in [0.25, 0.3) is 0 Å². The molecule has 0 bridgehead atoms. The number of ether oxygens (including phenoxy) is 1. The molecule has 1 saturated heterocycles. The number of amides is 1. The summed E-state index contributed by atoms with van der Waals surface area (Å²) in [5.41, 5.74) is 2.72. The third kappa shape index (κ3) is 4.68. The first-order valence-electron chi connectivity index (χ1n) is 10.8. The van der Waals surface area contributed by atoms with Gasteiger partial charge >= 0.3 is 0 Å². The number of hydrogen-bond acceptors (Lipinski definition) is 6. The molecule has 0 radical (unpaired) electrons.